The van der Waals surface area contributed by atoms with Gasteiger partial charge in [0, 0.05) is 29.7 Å². The zero-order valence-electron chi connectivity index (χ0n) is 25.1. The molecule has 0 fully saturated rings. The lowest BCUT2D eigenvalue weighted by Gasteiger charge is -2.37. The smallest absolute Gasteiger partial charge is 0.331 e. The molecule has 0 spiro atoms. The zero-order valence-corrected chi connectivity index (χ0v) is 25.9. The van der Waals surface area contributed by atoms with E-state index < -0.39 is 28.2 Å². The van der Waals surface area contributed by atoms with E-state index in [1.54, 1.807) is 33.0 Å². The van der Waals surface area contributed by atoms with Crippen LogP contribution >= 0.6 is 11.8 Å². The van der Waals surface area contributed by atoms with Crippen LogP contribution in [0.2, 0.25) is 0 Å². The van der Waals surface area contributed by atoms with E-state index in [1.165, 1.54) is 24.3 Å². The van der Waals surface area contributed by atoms with E-state index in [2.05, 4.69) is 24.5 Å². The quantitative estimate of drug-likeness (QED) is 0.322. The van der Waals surface area contributed by atoms with Crippen molar-refractivity contribution in [1.29, 1.82) is 0 Å². The van der Waals surface area contributed by atoms with Crippen molar-refractivity contribution in [3.05, 3.63) is 41.5 Å². The highest BCUT2D eigenvalue weighted by molar-refractivity contribution is 7.99. The Morgan fingerprint density at radius 1 is 1.08 bits per heavy atom. The molecule has 0 aliphatic rings. The minimum Gasteiger partial charge on any atom is -0.497 e. The summed E-state index contributed by atoms with van der Waals surface area (Å²) in [5.41, 5.74) is 0.727. The molecule has 0 aliphatic carbocycles. The molecular weight excluding hydrogens is 502 g/mol. The van der Waals surface area contributed by atoms with Crippen molar-refractivity contribution in [2.45, 2.75) is 84.4 Å². The second-order valence-electron chi connectivity index (χ2n) is 10.9. The highest BCUT2D eigenvalue weighted by atomic mass is 32.2. The molecule has 216 valence electrons. The number of ether oxygens (including phenoxy) is 1. The third-order valence-corrected chi connectivity index (χ3v) is 7.26. The average molecular weight is 552 g/mol. The number of nitrogens with zero attached hydrogens (tertiary/aromatic N) is 1. The minimum absolute atomic E-state index is 0.137. The average Bonchev–Trinajstić information content (AvgIpc) is 2.84. The number of amides is 2. The third kappa shape index (κ3) is 11.9. The van der Waals surface area contributed by atoms with Crippen LogP contribution in [0.4, 0.5) is 0 Å². The summed E-state index contributed by atoms with van der Waals surface area (Å²) in [5.74, 6) is -0.0700. The monoisotopic (exact) mass is 551 g/mol. The van der Waals surface area contributed by atoms with E-state index in [0.717, 1.165) is 11.3 Å². The minimum atomic E-state index is -1.03. The lowest BCUT2D eigenvalue weighted by molar-refractivity contribution is -0.138. The Balaban J connectivity index is 0.00000434. The topological polar surface area (TPSA) is 108 Å². The highest BCUT2D eigenvalue weighted by Gasteiger charge is 2.40. The summed E-state index contributed by atoms with van der Waals surface area (Å²) in [6.07, 6.45) is 2.73. The van der Waals surface area contributed by atoms with E-state index in [9.17, 15) is 14.4 Å². The molecule has 0 aromatic heterocycles. The summed E-state index contributed by atoms with van der Waals surface area (Å²) >= 11 is 1.65. The van der Waals surface area contributed by atoms with Gasteiger partial charge in [0.2, 0.25) is 11.8 Å². The Hall–Kier alpha value is -2.52. The fourth-order valence-electron chi connectivity index (χ4n) is 3.41. The molecule has 2 atom stereocenters. The molecule has 0 radical (unpaired) electrons. The number of carboxylic acids is 1. The number of benzene rings is 1. The number of hydrogen-bond donors (Lipinski definition) is 3. The summed E-state index contributed by atoms with van der Waals surface area (Å²) in [6.45, 7) is 15.5. The van der Waals surface area contributed by atoms with Gasteiger partial charge in [0.25, 0.3) is 0 Å². The Bertz CT molecular complexity index is 923. The number of likely N-dealkylation sites (N-methyl/N-ethyl adjacent to an activating group) is 2. The van der Waals surface area contributed by atoms with Gasteiger partial charge in [-0.15, -0.1) is 11.8 Å². The van der Waals surface area contributed by atoms with Crippen LogP contribution in [0.1, 0.15) is 67.4 Å². The van der Waals surface area contributed by atoms with Crippen LogP contribution in [0, 0.1) is 5.41 Å². The molecule has 9 heteroatoms. The molecule has 0 saturated heterocycles. The van der Waals surface area contributed by atoms with Gasteiger partial charge in [-0.3, -0.25) is 9.59 Å². The van der Waals surface area contributed by atoms with Gasteiger partial charge in [0.05, 0.1) is 7.11 Å². The van der Waals surface area contributed by atoms with Gasteiger partial charge in [0.1, 0.15) is 17.8 Å². The fourth-order valence-corrected chi connectivity index (χ4v) is 4.54. The van der Waals surface area contributed by atoms with Crippen molar-refractivity contribution in [2.24, 2.45) is 5.41 Å². The number of nitrogens with one attached hydrogen (secondary N) is 2. The molecule has 0 heterocycles. The van der Waals surface area contributed by atoms with Crippen LogP contribution in [0.5, 0.6) is 5.75 Å². The number of rotatable bonds is 12. The Morgan fingerprint density at radius 2 is 1.61 bits per heavy atom. The summed E-state index contributed by atoms with van der Waals surface area (Å²) in [5, 5.41) is 15.1. The normalized spacial score (nSPS) is 13.5. The molecule has 0 bridgehead atoms. The van der Waals surface area contributed by atoms with Crippen LogP contribution in [0.25, 0.3) is 0 Å². The van der Waals surface area contributed by atoms with Gasteiger partial charge in [-0.25, -0.2) is 4.79 Å². The highest BCUT2D eigenvalue weighted by Crippen LogP contribution is 2.32. The first-order chi connectivity index (χ1) is 17.5. The van der Waals surface area contributed by atoms with Crippen LogP contribution in [-0.2, 0) is 20.1 Å². The van der Waals surface area contributed by atoms with Gasteiger partial charge in [0.15, 0.2) is 0 Å². The molecule has 2 amide bonds. The maximum atomic E-state index is 13.4. The third-order valence-electron chi connectivity index (χ3n) is 5.80. The lowest BCUT2D eigenvalue weighted by atomic mass is 9.85. The summed E-state index contributed by atoms with van der Waals surface area (Å²) in [7, 11) is 4.96. The van der Waals surface area contributed by atoms with Crippen LogP contribution in [0.3, 0.4) is 0 Å². The van der Waals surface area contributed by atoms with Crippen molar-refractivity contribution in [3.8, 4) is 5.75 Å². The Kier molecular flexibility index (Phi) is 15.4. The molecular formula is C29H49N3O5S. The second kappa shape index (κ2) is 16.4. The second-order valence-corrected chi connectivity index (χ2v) is 12.5. The Morgan fingerprint density at radius 3 is 2.03 bits per heavy atom. The Labute approximate surface area is 234 Å². The van der Waals surface area contributed by atoms with Crippen molar-refractivity contribution in [2.75, 3.05) is 27.7 Å². The first kappa shape index (κ1) is 35.5. The van der Waals surface area contributed by atoms with Crippen LogP contribution in [-0.4, -0.2) is 72.4 Å². The van der Waals surface area contributed by atoms with E-state index in [-0.39, 0.29) is 23.9 Å². The molecule has 0 saturated carbocycles. The van der Waals surface area contributed by atoms with Gasteiger partial charge >= 0.3 is 5.97 Å². The lowest BCUT2D eigenvalue weighted by Crippen LogP contribution is -2.60. The molecule has 38 heavy (non-hydrogen) atoms. The number of carboxylic acid groups (broad SMARTS) is 1. The summed E-state index contributed by atoms with van der Waals surface area (Å²) in [6, 6.07) is 6.49. The van der Waals surface area contributed by atoms with E-state index in [0.29, 0.717) is 5.75 Å². The maximum absolute atomic E-state index is 13.4. The summed E-state index contributed by atoms with van der Waals surface area (Å²) in [4.78, 5) is 39.1. The molecule has 1 unspecified atom stereocenters. The SMILES string of the molecule is CCC.CN[C@H](C(=O)NC(C(=O)N(C)C/C=C(\C)C(=O)O)C(C)(C)C)C(C)(C)SCc1ccc(OC)cc1. The van der Waals surface area contributed by atoms with Gasteiger partial charge in [-0.2, -0.15) is 0 Å². The number of hydrogen-bond acceptors (Lipinski definition) is 6. The molecule has 1 rings (SSSR count). The number of aliphatic carboxylic acids is 1. The predicted octanol–water partition coefficient (Wildman–Crippen LogP) is 4.73. The van der Waals surface area contributed by atoms with E-state index >= 15 is 0 Å². The molecule has 1 aromatic carbocycles. The number of thioether (sulfide) groups is 1. The standard InChI is InChI=1S/C26H41N3O5S.C3H8/c1-17(24(32)33)14-15-29(8)23(31)21(25(2,3)4)28-22(30)20(27-7)26(5,6)35-16-18-10-12-19(34-9)13-11-18;1-3-2/h10-14,20-21,27H,15-16H2,1-9H3,(H,28,30)(H,32,33);3H2,1-2H3/b17-14+;/t20-,21?;/m1./s1. The van der Waals surface area contributed by atoms with E-state index in [1.807, 2.05) is 58.9 Å². The molecule has 1 aromatic rings. The predicted molar refractivity (Wildman–Crippen MR) is 158 cm³/mol. The van der Waals surface area contributed by atoms with E-state index in [4.69, 9.17) is 9.84 Å². The van der Waals surface area contributed by atoms with Crippen molar-refractivity contribution in [1.82, 2.24) is 15.5 Å². The molecule has 0 aliphatic heterocycles. The molecule has 3 N–H and O–H groups in total. The summed E-state index contributed by atoms with van der Waals surface area (Å²) < 4.78 is 4.73. The van der Waals surface area contributed by atoms with Gasteiger partial charge < -0.3 is 25.4 Å². The number of methoxy groups -OCH3 is 1. The fraction of sp³-hybridized carbons (Fsp3) is 0.621. The van der Waals surface area contributed by atoms with Crippen molar-refractivity contribution < 1.29 is 24.2 Å². The van der Waals surface area contributed by atoms with Gasteiger partial charge in [-0.05, 0) is 50.9 Å². The number of carbonyl (C=O) groups excluding carboxylic acids is 2. The van der Waals surface area contributed by atoms with Crippen LogP contribution < -0.4 is 15.4 Å². The first-order valence-corrected chi connectivity index (χ1v) is 13.9. The molecule has 8 nitrogen and oxygen atoms in total. The van der Waals surface area contributed by atoms with Gasteiger partial charge in [-0.1, -0.05) is 59.2 Å². The van der Waals surface area contributed by atoms with Crippen LogP contribution in [0.15, 0.2) is 35.9 Å². The van der Waals surface area contributed by atoms with Crippen molar-refractivity contribution in [3.63, 3.8) is 0 Å². The first-order valence-electron chi connectivity index (χ1n) is 12.9. The largest absolute Gasteiger partial charge is 0.497 e. The zero-order chi connectivity index (χ0) is 29.7. The van der Waals surface area contributed by atoms with Crippen molar-refractivity contribution >= 4 is 29.5 Å². The maximum Gasteiger partial charge on any atom is 0.331 e. The number of carbonyl (C=O) groups is 3.